The molecular weight excluding hydrogens is 172 g/mol. The number of thiocarbonyl (C=S) groups is 1. The van der Waals surface area contributed by atoms with E-state index in [2.05, 4.69) is 0 Å². The number of benzene rings is 1. The predicted molar refractivity (Wildman–Crippen MR) is 51.7 cm³/mol. The van der Waals surface area contributed by atoms with Crippen LogP contribution in [0.2, 0.25) is 0 Å². The summed E-state index contributed by atoms with van der Waals surface area (Å²) in [6, 6.07) is 6.77. The van der Waals surface area contributed by atoms with E-state index in [0.29, 0.717) is 6.61 Å². The number of ether oxygens (including phenoxy) is 1. The summed E-state index contributed by atoms with van der Waals surface area (Å²) in [5.74, 6) is 0.249. The van der Waals surface area contributed by atoms with Gasteiger partial charge < -0.3 is 9.84 Å². The number of hydrogen-bond donors (Lipinski definition) is 1. The topological polar surface area (TPSA) is 29.5 Å². The van der Waals surface area contributed by atoms with Crippen LogP contribution in [0.1, 0.15) is 5.56 Å². The molecule has 3 heteroatoms. The summed E-state index contributed by atoms with van der Waals surface area (Å²) in [5, 5.41) is 8.99. The summed E-state index contributed by atoms with van der Waals surface area (Å²) in [6.45, 7) is 0.445. The molecule has 0 amide bonds. The first kappa shape index (κ1) is 9.16. The minimum absolute atomic E-state index is 0.249. The van der Waals surface area contributed by atoms with E-state index >= 15 is 0 Å². The average molecular weight is 182 g/mol. The molecule has 0 aliphatic carbocycles. The molecule has 0 unspecified atom stereocenters. The van der Waals surface area contributed by atoms with Crippen LogP contribution in [0.4, 0.5) is 0 Å². The Morgan fingerprint density at radius 1 is 1.42 bits per heavy atom. The highest BCUT2D eigenvalue weighted by atomic mass is 32.1. The number of hydrogen-bond acceptors (Lipinski definition) is 3. The van der Waals surface area contributed by atoms with Crippen molar-refractivity contribution in [3.05, 3.63) is 29.8 Å². The van der Waals surface area contributed by atoms with Crippen molar-refractivity contribution in [1.82, 2.24) is 0 Å². The lowest BCUT2D eigenvalue weighted by Gasteiger charge is -2.01. The highest BCUT2D eigenvalue weighted by Gasteiger charge is 1.99. The van der Waals surface area contributed by atoms with Crippen molar-refractivity contribution in [3.8, 4) is 5.75 Å². The van der Waals surface area contributed by atoms with Crippen LogP contribution >= 0.6 is 12.2 Å². The van der Waals surface area contributed by atoms with Crippen LogP contribution < -0.4 is 0 Å². The van der Waals surface area contributed by atoms with Gasteiger partial charge in [-0.1, -0.05) is 24.4 Å². The summed E-state index contributed by atoms with van der Waals surface area (Å²) >= 11 is 5.06. The van der Waals surface area contributed by atoms with Crippen molar-refractivity contribution in [3.63, 3.8) is 0 Å². The molecule has 0 heterocycles. The molecule has 0 radical (unpaired) electrons. The molecule has 0 aromatic heterocycles. The van der Waals surface area contributed by atoms with E-state index in [1.807, 2.05) is 0 Å². The molecule has 0 spiro atoms. The van der Waals surface area contributed by atoms with Gasteiger partial charge in [-0.2, -0.15) is 0 Å². The smallest absolute Gasteiger partial charge is 0.115 e. The van der Waals surface area contributed by atoms with E-state index in [1.165, 1.54) is 0 Å². The maximum atomic E-state index is 8.99. The van der Waals surface area contributed by atoms with Gasteiger partial charge in [-0.05, 0) is 17.7 Å². The van der Waals surface area contributed by atoms with Crippen molar-refractivity contribution >= 4 is 17.1 Å². The Morgan fingerprint density at radius 3 is 2.50 bits per heavy atom. The monoisotopic (exact) mass is 182 g/mol. The molecule has 1 aromatic rings. The molecule has 1 N–H and O–H groups in total. The first-order valence-electron chi connectivity index (χ1n) is 3.55. The van der Waals surface area contributed by atoms with Gasteiger partial charge in [0.25, 0.3) is 0 Å². The fourth-order valence-electron chi connectivity index (χ4n) is 0.862. The summed E-state index contributed by atoms with van der Waals surface area (Å²) in [6.07, 6.45) is 0. The van der Waals surface area contributed by atoms with Crippen molar-refractivity contribution in [2.24, 2.45) is 0 Å². The van der Waals surface area contributed by atoms with Crippen molar-refractivity contribution in [1.29, 1.82) is 0 Å². The van der Waals surface area contributed by atoms with Gasteiger partial charge in [0.1, 0.15) is 5.75 Å². The van der Waals surface area contributed by atoms with Crippen molar-refractivity contribution in [2.45, 2.75) is 0 Å². The maximum absolute atomic E-state index is 8.99. The summed E-state index contributed by atoms with van der Waals surface area (Å²) in [7, 11) is 1.60. The van der Waals surface area contributed by atoms with Gasteiger partial charge in [0, 0.05) is 12.0 Å². The van der Waals surface area contributed by atoms with Gasteiger partial charge in [-0.3, -0.25) is 0 Å². The molecule has 0 aliphatic heterocycles. The predicted octanol–water partition coefficient (Wildman–Crippen LogP) is 1.76. The Labute approximate surface area is 76.8 Å². The lowest BCUT2D eigenvalue weighted by molar-refractivity contribution is 0.247. The number of aromatic hydroxyl groups is 1. The number of methoxy groups -OCH3 is 1. The van der Waals surface area contributed by atoms with Crippen molar-refractivity contribution in [2.75, 3.05) is 13.7 Å². The van der Waals surface area contributed by atoms with E-state index in [-0.39, 0.29) is 5.75 Å². The molecule has 0 saturated heterocycles. The zero-order chi connectivity index (χ0) is 8.97. The Bertz CT molecular complexity index is 266. The maximum Gasteiger partial charge on any atom is 0.115 e. The van der Waals surface area contributed by atoms with Gasteiger partial charge in [0.15, 0.2) is 0 Å². The fourth-order valence-corrected chi connectivity index (χ4v) is 1.12. The van der Waals surface area contributed by atoms with E-state index < -0.39 is 0 Å². The lowest BCUT2D eigenvalue weighted by Crippen LogP contribution is -2.04. The summed E-state index contributed by atoms with van der Waals surface area (Å²) in [5.41, 5.74) is 0.921. The zero-order valence-corrected chi connectivity index (χ0v) is 7.60. The number of phenolic OH excluding ortho intramolecular Hbond substituents is 1. The Balaban J connectivity index is 2.75. The fraction of sp³-hybridized carbons (Fsp3) is 0.222. The van der Waals surface area contributed by atoms with Gasteiger partial charge in [0.05, 0.1) is 6.61 Å². The van der Waals surface area contributed by atoms with Crippen LogP contribution in [0, 0.1) is 0 Å². The molecule has 2 nitrogen and oxygen atoms in total. The third kappa shape index (κ3) is 2.29. The molecule has 0 fully saturated rings. The second-order valence-corrected chi connectivity index (χ2v) is 2.90. The Morgan fingerprint density at radius 2 is 2.00 bits per heavy atom. The van der Waals surface area contributed by atoms with Gasteiger partial charge >= 0.3 is 0 Å². The minimum Gasteiger partial charge on any atom is -0.508 e. The Hall–Kier alpha value is -0.930. The van der Waals surface area contributed by atoms with E-state index in [1.54, 1.807) is 31.4 Å². The minimum atomic E-state index is 0.249. The molecular formula is C9H10O2S. The standard InChI is InChI=1S/C9H10O2S/c1-11-6-9(12)7-2-4-8(10)5-3-7/h2-5,10H,6H2,1H3. The van der Waals surface area contributed by atoms with Gasteiger partial charge in [-0.25, -0.2) is 0 Å². The quantitative estimate of drug-likeness (QED) is 0.570. The molecule has 0 bridgehead atoms. The summed E-state index contributed by atoms with van der Waals surface area (Å²) < 4.78 is 4.88. The van der Waals surface area contributed by atoms with E-state index in [9.17, 15) is 0 Å². The third-order valence-electron chi connectivity index (χ3n) is 1.46. The van der Waals surface area contributed by atoms with Crippen LogP contribution in [0.3, 0.4) is 0 Å². The van der Waals surface area contributed by atoms with Crippen LogP contribution in [0.25, 0.3) is 0 Å². The molecule has 0 saturated carbocycles. The molecule has 0 aliphatic rings. The van der Waals surface area contributed by atoms with Gasteiger partial charge in [0.2, 0.25) is 0 Å². The molecule has 1 rings (SSSR count). The number of phenols is 1. The largest absolute Gasteiger partial charge is 0.508 e. The van der Waals surface area contributed by atoms with E-state index in [0.717, 1.165) is 10.4 Å². The van der Waals surface area contributed by atoms with Crippen LogP contribution in [0.15, 0.2) is 24.3 Å². The molecule has 1 aromatic carbocycles. The van der Waals surface area contributed by atoms with Crippen LogP contribution in [-0.2, 0) is 4.74 Å². The van der Waals surface area contributed by atoms with Gasteiger partial charge in [-0.15, -0.1) is 0 Å². The lowest BCUT2D eigenvalue weighted by atomic mass is 10.1. The average Bonchev–Trinajstić information content (AvgIpc) is 2.06. The van der Waals surface area contributed by atoms with Crippen LogP contribution in [-0.4, -0.2) is 23.7 Å². The zero-order valence-electron chi connectivity index (χ0n) is 6.78. The number of rotatable bonds is 3. The SMILES string of the molecule is COCC(=S)c1ccc(O)cc1. The molecule has 12 heavy (non-hydrogen) atoms. The first-order chi connectivity index (χ1) is 5.74. The second kappa shape index (κ2) is 4.18. The highest BCUT2D eigenvalue weighted by Crippen LogP contribution is 2.10. The molecule has 0 atom stereocenters. The second-order valence-electron chi connectivity index (χ2n) is 2.40. The van der Waals surface area contributed by atoms with Crippen LogP contribution in [0.5, 0.6) is 5.75 Å². The van der Waals surface area contributed by atoms with Crippen molar-refractivity contribution < 1.29 is 9.84 Å². The first-order valence-corrected chi connectivity index (χ1v) is 3.96. The third-order valence-corrected chi connectivity index (χ3v) is 1.82. The molecule has 64 valence electrons. The Kier molecular flexibility index (Phi) is 3.19. The normalized spacial score (nSPS) is 9.75. The summed E-state index contributed by atoms with van der Waals surface area (Å²) in [4.78, 5) is 0.748. The van der Waals surface area contributed by atoms with E-state index in [4.69, 9.17) is 22.1 Å². The highest BCUT2D eigenvalue weighted by molar-refractivity contribution is 7.80.